The summed E-state index contributed by atoms with van der Waals surface area (Å²) < 4.78 is 18.8. The topological polar surface area (TPSA) is 60.2 Å². The molecule has 6 heteroatoms. The average molecular weight is 310 g/mol. The molecule has 0 aliphatic carbocycles. The predicted molar refractivity (Wildman–Crippen MR) is 83.7 cm³/mol. The van der Waals surface area contributed by atoms with E-state index in [1.165, 1.54) is 12.1 Å². The van der Waals surface area contributed by atoms with Gasteiger partial charge in [0, 0.05) is 5.69 Å². The Morgan fingerprint density at radius 1 is 1.24 bits per heavy atom. The van der Waals surface area contributed by atoms with E-state index in [-0.39, 0.29) is 5.02 Å². The number of nitrogens with one attached hydrogen (secondary N) is 1. The highest BCUT2D eigenvalue weighted by Crippen LogP contribution is 2.27. The van der Waals surface area contributed by atoms with Crippen LogP contribution >= 0.6 is 11.6 Å². The molecule has 2 rings (SSSR count). The minimum absolute atomic E-state index is 0.0432. The van der Waals surface area contributed by atoms with Gasteiger partial charge in [0.15, 0.2) is 0 Å². The second-order valence-corrected chi connectivity index (χ2v) is 5.97. The van der Waals surface area contributed by atoms with Crippen molar-refractivity contribution in [2.45, 2.75) is 26.4 Å². The molecule has 0 aliphatic heterocycles. The summed E-state index contributed by atoms with van der Waals surface area (Å²) in [6.07, 6.45) is 0. The zero-order valence-corrected chi connectivity index (χ0v) is 12.8. The first-order valence-electron chi connectivity index (χ1n) is 6.42. The van der Waals surface area contributed by atoms with Crippen molar-refractivity contribution in [2.24, 2.45) is 0 Å². The van der Waals surface area contributed by atoms with Gasteiger partial charge in [-0.05, 0) is 51.1 Å². The molecular formula is C15H17ClFN3O. The summed E-state index contributed by atoms with van der Waals surface area (Å²) in [5, 5.41) is 3.07. The molecule has 0 spiro atoms. The minimum atomic E-state index is -0.468. The summed E-state index contributed by atoms with van der Waals surface area (Å²) in [5.41, 5.74) is 6.52. The van der Waals surface area contributed by atoms with Crippen LogP contribution in [0.3, 0.4) is 0 Å². The molecule has 0 amide bonds. The summed E-state index contributed by atoms with van der Waals surface area (Å²) in [6, 6.07) is 7.75. The molecule has 21 heavy (non-hydrogen) atoms. The van der Waals surface area contributed by atoms with Gasteiger partial charge >= 0.3 is 0 Å². The molecular weight excluding hydrogens is 293 g/mol. The number of nitrogen functional groups attached to an aromatic ring is 1. The third kappa shape index (κ3) is 4.23. The number of rotatable bonds is 3. The third-order valence-electron chi connectivity index (χ3n) is 2.48. The van der Waals surface area contributed by atoms with Crippen LogP contribution < -0.4 is 15.8 Å². The molecule has 1 aromatic carbocycles. The van der Waals surface area contributed by atoms with Crippen molar-refractivity contribution in [3.05, 3.63) is 41.2 Å². The van der Waals surface area contributed by atoms with Gasteiger partial charge < -0.3 is 15.8 Å². The van der Waals surface area contributed by atoms with E-state index < -0.39 is 11.4 Å². The van der Waals surface area contributed by atoms with Crippen LogP contribution in [0, 0.1) is 5.82 Å². The lowest BCUT2D eigenvalue weighted by molar-refractivity contribution is 0.125. The Morgan fingerprint density at radius 3 is 2.57 bits per heavy atom. The van der Waals surface area contributed by atoms with Gasteiger partial charge in [-0.15, -0.1) is 0 Å². The van der Waals surface area contributed by atoms with Crippen LogP contribution in [0.4, 0.5) is 21.6 Å². The fourth-order valence-corrected chi connectivity index (χ4v) is 1.79. The van der Waals surface area contributed by atoms with Gasteiger partial charge in [-0.1, -0.05) is 11.6 Å². The molecule has 0 bridgehead atoms. The Hall–Kier alpha value is -2.01. The summed E-state index contributed by atoms with van der Waals surface area (Å²) >= 11 is 5.74. The van der Waals surface area contributed by atoms with Gasteiger partial charge in [0.05, 0.1) is 10.7 Å². The molecule has 0 fully saturated rings. The summed E-state index contributed by atoms with van der Waals surface area (Å²) in [7, 11) is 0. The first-order valence-corrected chi connectivity index (χ1v) is 6.80. The van der Waals surface area contributed by atoms with Gasteiger partial charge in [-0.2, -0.15) is 4.98 Å². The van der Waals surface area contributed by atoms with Crippen molar-refractivity contribution in [1.82, 2.24) is 4.98 Å². The van der Waals surface area contributed by atoms with E-state index in [1.807, 2.05) is 20.8 Å². The largest absolute Gasteiger partial charge is 0.470 e. The molecule has 1 heterocycles. The second-order valence-electron chi connectivity index (χ2n) is 5.56. The Balaban J connectivity index is 2.24. The number of pyridine rings is 1. The Morgan fingerprint density at radius 2 is 1.95 bits per heavy atom. The second kappa shape index (κ2) is 5.77. The highest BCUT2D eigenvalue weighted by atomic mass is 35.5. The number of halogens is 2. The van der Waals surface area contributed by atoms with Crippen LogP contribution in [0.2, 0.25) is 5.02 Å². The van der Waals surface area contributed by atoms with E-state index in [9.17, 15) is 4.39 Å². The zero-order chi connectivity index (χ0) is 15.6. The highest BCUT2D eigenvalue weighted by Gasteiger charge is 2.15. The van der Waals surface area contributed by atoms with Crippen molar-refractivity contribution in [2.75, 3.05) is 11.1 Å². The van der Waals surface area contributed by atoms with Gasteiger partial charge in [-0.25, -0.2) is 4.39 Å². The van der Waals surface area contributed by atoms with Gasteiger partial charge in [-0.3, -0.25) is 0 Å². The molecule has 0 saturated heterocycles. The van der Waals surface area contributed by atoms with Crippen molar-refractivity contribution < 1.29 is 9.13 Å². The van der Waals surface area contributed by atoms with Crippen molar-refractivity contribution in [3.8, 4) is 5.88 Å². The first kappa shape index (κ1) is 15.4. The van der Waals surface area contributed by atoms with Gasteiger partial charge in [0.25, 0.3) is 0 Å². The smallest absolute Gasteiger partial charge is 0.239 e. The monoisotopic (exact) mass is 309 g/mol. The standard InChI is InChI=1S/C15H17ClFN3O/c1-15(2,3)21-14-12(18)6-7-13(20-14)19-9-4-5-11(17)10(16)8-9/h4-8H,18H2,1-3H3,(H,19,20). The lowest BCUT2D eigenvalue weighted by Gasteiger charge is -2.21. The molecule has 0 radical (unpaired) electrons. The lowest BCUT2D eigenvalue weighted by Crippen LogP contribution is -2.24. The van der Waals surface area contributed by atoms with Crippen LogP contribution in [0.25, 0.3) is 0 Å². The van der Waals surface area contributed by atoms with Crippen molar-refractivity contribution >= 4 is 28.8 Å². The SMILES string of the molecule is CC(C)(C)Oc1nc(Nc2ccc(F)c(Cl)c2)ccc1N. The molecule has 4 nitrogen and oxygen atoms in total. The molecule has 0 unspecified atom stereocenters. The number of hydrogen-bond acceptors (Lipinski definition) is 4. The fourth-order valence-electron chi connectivity index (χ4n) is 1.61. The van der Waals surface area contributed by atoms with E-state index in [0.717, 1.165) is 0 Å². The Kier molecular flexibility index (Phi) is 4.23. The normalized spacial score (nSPS) is 11.3. The number of nitrogens with zero attached hydrogens (tertiary/aromatic N) is 1. The number of nitrogens with two attached hydrogens (primary N) is 1. The molecule has 1 aromatic heterocycles. The summed E-state index contributed by atoms with van der Waals surface area (Å²) in [6.45, 7) is 5.73. The van der Waals surface area contributed by atoms with Crippen LogP contribution in [0.1, 0.15) is 20.8 Å². The van der Waals surface area contributed by atoms with Crippen LogP contribution in [0.5, 0.6) is 5.88 Å². The molecule has 0 atom stereocenters. The predicted octanol–water partition coefficient (Wildman–Crippen LogP) is 4.38. The van der Waals surface area contributed by atoms with E-state index in [2.05, 4.69) is 10.3 Å². The molecule has 0 saturated carbocycles. The van der Waals surface area contributed by atoms with Gasteiger partial charge in [0.2, 0.25) is 5.88 Å². The number of hydrogen-bond donors (Lipinski definition) is 2. The van der Waals surface area contributed by atoms with Gasteiger partial charge in [0.1, 0.15) is 17.2 Å². The fraction of sp³-hybridized carbons (Fsp3) is 0.267. The molecule has 0 aliphatic rings. The Labute approximate surface area is 128 Å². The Bertz CT molecular complexity index is 656. The average Bonchev–Trinajstić information content (AvgIpc) is 2.36. The van der Waals surface area contributed by atoms with Crippen LogP contribution in [-0.4, -0.2) is 10.6 Å². The number of ether oxygens (including phenoxy) is 1. The maximum Gasteiger partial charge on any atom is 0.239 e. The molecule has 3 N–H and O–H groups in total. The summed E-state index contributed by atoms with van der Waals surface area (Å²) in [5.74, 6) is 0.413. The molecule has 112 valence electrons. The maximum atomic E-state index is 13.1. The number of aromatic nitrogens is 1. The quantitative estimate of drug-likeness (QED) is 0.883. The minimum Gasteiger partial charge on any atom is -0.470 e. The van der Waals surface area contributed by atoms with E-state index in [0.29, 0.717) is 23.1 Å². The highest BCUT2D eigenvalue weighted by molar-refractivity contribution is 6.31. The van der Waals surface area contributed by atoms with Crippen molar-refractivity contribution in [1.29, 1.82) is 0 Å². The number of benzene rings is 1. The van der Waals surface area contributed by atoms with Crippen LogP contribution in [0.15, 0.2) is 30.3 Å². The van der Waals surface area contributed by atoms with Crippen LogP contribution in [-0.2, 0) is 0 Å². The number of anilines is 3. The molecule has 2 aromatic rings. The lowest BCUT2D eigenvalue weighted by atomic mass is 10.2. The maximum absolute atomic E-state index is 13.1. The van der Waals surface area contributed by atoms with E-state index in [1.54, 1.807) is 18.2 Å². The summed E-state index contributed by atoms with van der Waals surface area (Å²) in [4.78, 5) is 4.31. The first-order chi connectivity index (χ1) is 9.74. The van der Waals surface area contributed by atoms with E-state index in [4.69, 9.17) is 22.1 Å². The van der Waals surface area contributed by atoms with Crippen molar-refractivity contribution in [3.63, 3.8) is 0 Å². The zero-order valence-electron chi connectivity index (χ0n) is 12.1. The third-order valence-corrected chi connectivity index (χ3v) is 2.77. The van der Waals surface area contributed by atoms with E-state index >= 15 is 0 Å².